The summed E-state index contributed by atoms with van der Waals surface area (Å²) in [5.41, 5.74) is 0.551. The van der Waals surface area contributed by atoms with Crippen LogP contribution in [0.1, 0.15) is 23.2 Å². The van der Waals surface area contributed by atoms with E-state index in [4.69, 9.17) is 9.84 Å². The molecule has 1 aliphatic heterocycles. The van der Waals surface area contributed by atoms with Crippen LogP contribution in [-0.2, 0) is 0 Å². The minimum absolute atomic E-state index is 0.0280. The van der Waals surface area contributed by atoms with Crippen LogP contribution in [0, 0.1) is 5.92 Å². The van der Waals surface area contributed by atoms with Gasteiger partial charge in [-0.3, -0.25) is 4.79 Å². The normalized spacial score (nSPS) is 16.2. The molecule has 1 aromatic heterocycles. The molecule has 2 rings (SSSR count). The number of rotatable bonds is 3. The topological polar surface area (TPSA) is 79.7 Å². The molecule has 2 heterocycles. The van der Waals surface area contributed by atoms with Crippen molar-refractivity contribution in [2.24, 2.45) is 5.92 Å². The maximum absolute atomic E-state index is 12.2. The third kappa shape index (κ3) is 3.01. The first-order valence-corrected chi connectivity index (χ1v) is 6.14. The molecule has 6 nitrogen and oxygen atoms in total. The van der Waals surface area contributed by atoms with Crippen LogP contribution in [0.25, 0.3) is 0 Å². The summed E-state index contributed by atoms with van der Waals surface area (Å²) in [7, 11) is 1.52. The molecule has 102 valence electrons. The highest BCUT2D eigenvalue weighted by Gasteiger charge is 2.27. The lowest BCUT2D eigenvalue weighted by Crippen LogP contribution is -2.39. The molecule has 0 bridgehead atoms. The third-order valence-corrected chi connectivity index (χ3v) is 3.37. The summed E-state index contributed by atoms with van der Waals surface area (Å²) < 4.78 is 4.94. The van der Waals surface area contributed by atoms with Crippen molar-refractivity contribution >= 4 is 11.9 Å². The molecule has 0 atom stereocenters. The number of pyridine rings is 1. The van der Waals surface area contributed by atoms with Gasteiger partial charge >= 0.3 is 6.09 Å². The predicted molar refractivity (Wildman–Crippen MR) is 67.4 cm³/mol. The number of nitrogens with zero attached hydrogens (tertiary/aromatic N) is 2. The van der Waals surface area contributed by atoms with E-state index in [1.807, 2.05) is 0 Å². The van der Waals surface area contributed by atoms with Crippen LogP contribution in [0.4, 0.5) is 4.79 Å². The molecule has 1 fully saturated rings. The number of carbonyl (C=O) groups is 2. The van der Waals surface area contributed by atoms with E-state index in [0.29, 0.717) is 37.4 Å². The van der Waals surface area contributed by atoms with Crippen molar-refractivity contribution in [2.75, 3.05) is 20.2 Å². The molecular weight excluding hydrogens is 248 g/mol. The van der Waals surface area contributed by atoms with E-state index in [2.05, 4.69) is 4.98 Å². The van der Waals surface area contributed by atoms with E-state index in [0.717, 1.165) is 0 Å². The van der Waals surface area contributed by atoms with Gasteiger partial charge < -0.3 is 14.7 Å². The molecule has 0 radical (unpaired) electrons. The fourth-order valence-electron chi connectivity index (χ4n) is 2.22. The number of hydrogen-bond donors (Lipinski definition) is 1. The Hall–Kier alpha value is -2.11. The number of carboxylic acid groups (broad SMARTS) is 1. The number of ether oxygens (including phenoxy) is 1. The number of Topliss-reactive ketones (excluding diaryl/α,β-unsaturated/α-hetero) is 1. The Balaban J connectivity index is 1.98. The molecule has 0 saturated carbocycles. The van der Waals surface area contributed by atoms with E-state index in [1.54, 1.807) is 12.1 Å². The van der Waals surface area contributed by atoms with Crippen LogP contribution in [-0.4, -0.2) is 47.1 Å². The molecule has 1 amide bonds. The Kier molecular flexibility index (Phi) is 3.99. The van der Waals surface area contributed by atoms with E-state index < -0.39 is 6.09 Å². The fraction of sp³-hybridized carbons (Fsp3) is 0.462. The fourth-order valence-corrected chi connectivity index (χ4v) is 2.22. The molecule has 1 saturated heterocycles. The standard InChI is InChI=1S/C13H16N2O4/c1-19-11-3-2-10(8-14-11)12(16)9-4-6-15(7-5-9)13(17)18/h2-3,8-9H,4-7H2,1H3,(H,17,18). The summed E-state index contributed by atoms with van der Waals surface area (Å²) in [4.78, 5) is 28.4. The van der Waals surface area contributed by atoms with Gasteiger partial charge in [0.05, 0.1) is 7.11 Å². The monoisotopic (exact) mass is 264 g/mol. The number of ketones is 1. The highest BCUT2D eigenvalue weighted by Crippen LogP contribution is 2.22. The van der Waals surface area contributed by atoms with Gasteiger partial charge in [-0.15, -0.1) is 0 Å². The van der Waals surface area contributed by atoms with Crippen LogP contribution in [0.2, 0.25) is 0 Å². The largest absolute Gasteiger partial charge is 0.481 e. The Morgan fingerprint density at radius 2 is 2.05 bits per heavy atom. The lowest BCUT2D eigenvalue weighted by molar-refractivity contribution is 0.0821. The predicted octanol–water partition coefficient (Wildman–Crippen LogP) is 1.66. The van der Waals surface area contributed by atoms with Gasteiger partial charge in [0.1, 0.15) is 0 Å². The van der Waals surface area contributed by atoms with E-state index in [1.165, 1.54) is 18.2 Å². The zero-order valence-electron chi connectivity index (χ0n) is 10.7. The number of likely N-dealkylation sites (tertiary alicyclic amines) is 1. The van der Waals surface area contributed by atoms with E-state index in [9.17, 15) is 9.59 Å². The molecule has 0 spiro atoms. The summed E-state index contributed by atoms with van der Waals surface area (Å²) in [5, 5.41) is 8.85. The number of hydrogen-bond acceptors (Lipinski definition) is 4. The van der Waals surface area contributed by atoms with Gasteiger partial charge in [-0.2, -0.15) is 0 Å². The SMILES string of the molecule is COc1ccc(C(=O)C2CCN(C(=O)O)CC2)cn1. The van der Waals surface area contributed by atoms with Crippen LogP contribution in [0.15, 0.2) is 18.3 Å². The van der Waals surface area contributed by atoms with Gasteiger partial charge in [0, 0.05) is 36.8 Å². The first-order chi connectivity index (χ1) is 9.11. The van der Waals surface area contributed by atoms with Crippen molar-refractivity contribution in [1.29, 1.82) is 0 Å². The van der Waals surface area contributed by atoms with Crippen molar-refractivity contribution in [2.45, 2.75) is 12.8 Å². The van der Waals surface area contributed by atoms with Crippen molar-refractivity contribution < 1.29 is 19.4 Å². The number of piperidine rings is 1. The first-order valence-electron chi connectivity index (χ1n) is 6.14. The van der Waals surface area contributed by atoms with Crippen molar-refractivity contribution in [3.05, 3.63) is 23.9 Å². The second kappa shape index (κ2) is 5.69. The quantitative estimate of drug-likeness (QED) is 0.840. The summed E-state index contributed by atoms with van der Waals surface area (Å²) in [6.07, 6.45) is 1.72. The van der Waals surface area contributed by atoms with Crippen molar-refractivity contribution in [3.8, 4) is 5.88 Å². The lowest BCUT2D eigenvalue weighted by Gasteiger charge is -2.29. The summed E-state index contributed by atoms with van der Waals surface area (Å²) in [6, 6.07) is 3.34. The van der Waals surface area contributed by atoms with Gasteiger partial charge in [-0.25, -0.2) is 9.78 Å². The van der Waals surface area contributed by atoms with Crippen LogP contribution in [0.3, 0.4) is 0 Å². The van der Waals surface area contributed by atoms with Gasteiger partial charge in [0.2, 0.25) is 5.88 Å². The third-order valence-electron chi connectivity index (χ3n) is 3.37. The Morgan fingerprint density at radius 3 is 2.53 bits per heavy atom. The summed E-state index contributed by atoms with van der Waals surface area (Å²) in [5.74, 6) is 0.378. The van der Waals surface area contributed by atoms with Gasteiger partial charge in [-0.05, 0) is 18.9 Å². The van der Waals surface area contributed by atoms with E-state index >= 15 is 0 Å². The molecule has 1 aliphatic rings. The molecule has 0 unspecified atom stereocenters. The Morgan fingerprint density at radius 1 is 1.37 bits per heavy atom. The van der Waals surface area contributed by atoms with E-state index in [-0.39, 0.29) is 11.7 Å². The minimum Gasteiger partial charge on any atom is -0.481 e. The second-order valence-electron chi connectivity index (χ2n) is 4.50. The maximum Gasteiger partial charge on any atom is 0.407 e. The summed E-state index contributed by atoms with van der Waals surface area (Å²) in [6.45, 7) is 0.824. The molecule has 6 heteroatoms. The average molecular weight is 264 g/mol. The second-order valence-corrected chi connectivity index (χ2v) is 4.50. The van der Waals surface area contributed by atoms with Crippen LogP contribution < -0.4 is 4.74 Å². The Labute approximate surface area is 111 Å². The van der Waals surface area contributed by atoms with Crippen molar-refractivity contribution in [3.63, 3.8) is 0 Å². The number of amides is 1. The molecule has 19 heavy (non-hydrogen) atoms. The van der Waals surface area contributed by atoms with Crippen LogP contribution in [0.5, 0.6) is 5.88 Å². The average Bonchev–Trinajstić information content (AvgIpc) is 2.46. The Bertz CT molecular complexity index is 464. The first kappa shape index (κ1) is 13.3. The maximum atomic E-state index is 12.2. The van der Waals surface area contributed by atoms with Gasteiger partial charge in [0.15, 0.2) is 5.78 Å². The molecule has 1 N–H and O–H groups in total. The highest BCUT2D eigenvalue weighted by atomic mass is 16.5. The zero-order chi connectivity index (χ0) is 13.8. The highest BCUT2D eigenvalue weighted by molar-refractivity contribution is 5.97. The minimum atomic E-state index is -0.919. The molecule has 1 aromatic rings. The molecule has 0 aromatic carbocycles. The number of methoxy groups -OCH3 is 1. The smallest absolute Gasteiger partial charge is 0.407 e. The lowest BCUT2D eigenvalue weighted by atomic mass is 9.89. The van der Waals surface area contributed by atoms with Gasteiger partial charge in [0.25, 0.3) is 0 Å². The zero-order valence-corrected chi connectivity index (χ0v) is 10.7. The molecular formula is C13H16N2O4. The molecule has 0 aliphatic carbocycles. The van der Waals surface area contributed by atoms with Crippen LogP contribution >= 0.6 is 0 Å². The number of carbonyl (C=O) groups excluding carboxylic acids is 1. The summed E-state index contributed by atoms with van der Waals surface area (Å²) >= 11 is 0. The van der Waals surface area contributed by atoms with Gasteiger partial charge in [-0.1, -0.05) is 0 Å². The number of aromatic nitrogens is 1. The van der Waals surface area contributed by atoms with Crippen molar-refractivity contribution in [1.82, 2.24) is 9.88 Å².